The number of hydrogen-bond donors (Lipinski definition) is 3. The van der Waals surface area contributed by atoms with Gasteiger partial charge in [-0.3, -0.25) is 9.69 Å². The molecule has 0 radical (unpaired) electrons. The van der Waals surface area contributed by atoms with Crippen LogP contribution in [0.25, 0.3) is 0 Å². The van der Waals surface area contributed by atoms with Crippen LogP contribution in [0.2, 0.25) is 0 Å². The second kappa shape index (κ2) is 10.6. The molecule has 3 rings (SSSR count). The van der Waals surface area contributed by atoms with E-state index in [4.69, 9.17) is 4.99 Å². The minimum absolute atomic E-state index is 0.0268. The topological polar surface area (TPSA) is 80.2 Å². The largest absolute Gasteiger partial charge is 0.392 e. The lowest BCUT2D eigenvalue weighted by atomic mass is 10.1. The number of carbonyl (C=O) groups excluding carboxylic acids is 1. The summed E-state index contributed by atoms with van der Waals surface area (Å²) in [4.78, 5) is 20.7. The first kappa shape index (κ1) is 21.6. The van der Waals surface area contributed by atoms with Gasteiger partial charge in [-0.05, 0) is 30.4 Å². The Morgan fingerprint density at radius 2 is 1.93 bits per heavy atom. The van der Waals surface area contributed by atoms with Crippen LogP contribution in [0, 0.1) is 0 Å². The molecule has 160 valence electrons. The molecule has 1 atom stereocenters. The Hall–Kier alpha value is -2.12. The molecule has 1 amide bonds. The first-order valence-electron chi connectivity index (χ1n) is 10.7. The van der Waals surface area contributed by atoms with Crippen LogP contribution in [-0.4, -0.2) is 72.6 Å². The maximum Gasteiger partial charge on any atom is 0.241 e. The number of carbonyl (C=O) groups is 1. The Labute approximate surface area is 174 Å². The highest BCUT2D eigenvalue weighted by molar-refractivity contribution is 5.86. The molecule has 1 aliphatic heterocycles. The smallest absolute Gasteiger partial charge is 0.241 e. The number of β-amino-alcohol motifs (C(OH)–C–C–N with tert-alkyl or cyclic N) is 1. The van der Waals surface area contributed by atoms with Gasteiger partial charge in [0.15, 0.2) is 5.96 Å². The first-order valence-corrected chi connectivity index (χ1v) is 10.7. The van der Waals surface area contributed by atoms with Gasteiger partial charge < -0.3 is 20.6 Å². The van der Waals surface area contributed by atoms with Gasteiger partial charge in [-0.1, -0.05) is 37.1 Å². The van der Waals surface area contributed by atoms with Crippen molar-refractivity contribution < 1.29 is 9.90 Å². The summed E-state index contributed by atoms with van der Waals surface area (Å²) >= 11 is 0. The fraction of sp³-hybridized carbons (Fsp3) is 0.636. The maximum atomic E-state index is 12.0. The summed E-state index contributed by atoms with van der Waals surface area (Å²) in [5, 5.41) is 16.5. The van der Waals surface area contributed by atoms with Gasteiger partial charge in [0.25, 0.3) is 0 Å². The predicted octanol–water partition coefficient (Wildman–Crippen LogP) is 1.32. The van der Waals surface area contributed by atoms with Crippen molar-refractivity contribution in [3.05, 3.63) is 35.4 Å². The molecule has 1 aromatic rings. The molecule has 1 saturated heterocycles. The normalized spacial score (nSPS) is 20.8. The van der Waals surface area contributed by atoms with E-state index in [-0.39, 0.29) is 18.6 Å². The summed E-state index contributed by atoms with van der Waals surface area (Å²) in [6, 6.07) is 8.78. The summed E-state index contributed by atoms with van der Waals surface area (Å²) in [5.41, 5.74) is 2.43. The van der Waals surface area contributed by atoms with Crippen molar-refractivity contribution in [1.29, 1.82) is 0 Å². The second-order valence-electron chi connectivity index (χ2n) is 8.38. The van der Waals surface area contributed by atoms with Gasteiger partial charge in [0.05, 0.1) is 19.2 Å². The van der Waals surface area contributed by atoms with E-state index in [0.717, 1.165) is 38.9 Å². The molecule has 3 N–H and O–H groups in total. The zero-order valence-electron chi connectivity index (χ0n) is 17.7. The number of aliphatic hydroxyl groups is 1. The first-order chi connectivity index (χ1) is 14.0. The maximum absolute atomic E-state index is 12.0. The molecule has 0 spiro atoms. The standard InChI is InChI=1S/C22H35N5O2/c1-26(2)21(29)14-24-22(25-19-9-5-6-10-19)23-13-17-7-3-4-8-18(17)15-27-12-11-20(28)16-27/h3-4,7-8,19-20,28H,5-6,9-16H2,1-2H3,(H2,23,24,25). The van der Waals surface area contributed by atoms with Gasteiger partial charge in [-0.2, -0.15) is 0 Å². The Morgan fingerprint density at radius 3 is 2.59 bits per heavy atom. The molecule has 29 heavy (non-hydrogen) atoms. The molecule has 1 aliphatic carbocycles. The van der Waals surface area contributed by atoms with Gasteiger partial charge >= 0.3 is 0 Å². The predicted molar refractivity (Wildman–Crippen MR) is 116 cm³/mol. The van der Waals surface area contributed by atoms with E-state index in [9.17, 15) is 9.90 Å². The molecule has 7 nitrogen and oxygen atoms in total. The van der Waals surface area contributed by atoms with Gasteiger partial charge in [0, 0.05) is 39.8 Å². The summed E-state index contributed by atoms with van der Waals surface area (Å²) in [7, 11) is 3.52. The molecular formula is C22H35N5O2. The number of rotatable bonds is 7. The average molecular weight is 402 g/mol. The zero-order valence-corrected chi connectivity index (χ0v) is 17.7. The fourth-order valence-electron chi connectivity index (χ4n) is 3.96. The molecular weight excluding hydrogens is 366 g/mol. The number of aliphatic imine (C=N–C) groups is 1. The van der Waals surface area contributed by atoms with E-state index < -0.39 is 0 Å². The highest BCUT2D eigenvalue weighted by Gasteiger charge is 2.21. The third-order valence-electron chi connectivity index (χ3n) is 5.77. The minimum atomic E-state index is -0.208. The van der Waals surface area contributed by atoms with Crippen molar-refractivity contribution in [2.75, 3.05) is 33.7 Å². The van der Waals surface area contributed by atoms with E-state index in [2.05, 4.69) is 33.7 Å². The molecule has 0 aromatic heterocycles. The van der Waals surface area contributed by atoms with Crippen molar-refractivity contribution in [3.63, 3.8) is 0 Å². The van der Waals surface area contributed by atoms with Gasteiger partial charge in [0.1, 0.15) is 0 Å². The summed E-state index contributed by atoms with van der Waals surface area (Å²) in [6.45, 7) is 3.30. The van der Waals surface area contributed by atoms with Crippen molar-refractivity contribution in [2.45, 2.75) is 57.3 Å². The minimum Gasteiger partial charge on any atom is -0.392 e. The van der Waals surface area contributed by atoms with Crippen LogP contribution in [0.3, 0.4) is 0 Å². The van der Waals surface area contributed by atoms with E-state index in [1.54, 1.807) is 19.0 Å². The van der Waals surface area contributed by atoms with Crippen LogP contribution in [0.5, 0.6) is 0 Å². The number of aliphatic hydroxyl groups excluding tert-OH is 1. The van der Waals surface area contributed by atoms with E-state index in [1.165, 1.54) is 24.0 Å². The number of likely N-dealkylation sites (N-methyl/N-ethyl adjacent to an activating group) is 1. The third kappa shape index (κ3) is 6.72. The van der Waals surface area contributed by atoms with Crippen molar-refractivity contribution in [3.8, 4) is 0 Å². The third-order valence-corrected chi connectivity index (χ3v) is 5.77. The molecule has 2 fully saturated rings. The molecule has 1 heterocycles. The number of benzene rings is 1. The van der Waals surface area contributed by atoms with Gasteiger partial charge in [0.2, 0.25) is 5.91 Å². The molecule has 1 unspecified atom stereocenters. The van der Waals surface area contributed by atoms with E-state index >= 15 is 0 Å². The molecule has 0 bridgehead atoms. The van der Waals surface area contributed by atoms with Crippen LogP contribution in [-0.2, 0) is 17.9 Å². The lowest BCUT2D eigenvalue weighted by Gasteiger charge is -2.19. The van der Waals surface area contributed by atoms with Crippen molar-refractivity contribution in [2.24, 2.45) is 4.99 Å². The summed E-state index contributed by atoms with van der Waals surface area (Å²) in [5.74, 6) is 0.734. The van der Waals surface area contributed by atoms with Crippen molar-refractivity contribution in [1.82, 2.24) is 20.4 Å². The van der Waals surface area contributed by atoms with Crippen LogP contribution in [0.15, 0.2) is 29.3 Å². The molecule has 7 heteroatoms. The number of amides is 1. The highest BCUT2D eigenvalue weighted by atomic mass is 16.3. The molecule has 2 aliphatic rings. The number of guanidine groups is 1. The van der Waals surface area contributed by atoms with Crippen LogP contribution in [0.1, 0.15) is 43.2 Å². The Bertz CT molecular complexity index is 700. The van der Waals surface area contributed by atoms with Gasteiger partial charge in [-0.15, -0.1) is 0 Å². The Balaban J connectivity index is 1.66. The Kier molecular flexibility index (Phi) is 7.89. The average Bonchev–Trinajstić information content (AvgIpc) is 3.36. The fourth-order valence-corrected chi connectivity index (χ4v) is 3.96. The lowest BCUT2D eigenvalue weighted by molar-refractivity contribution is -0.127. The number of nitrogens with zero attached hydrogens (tertiary/aromatic N) is 3. The Morgan fingerprint density at radius 1 is 1.21 bits per heavy atom. The number of likely N-dealkylation sites (tertiary alicyclic amines) is 1. The van der Waals surface area contributed by atoms with Crippen LogP contribution < -0.4 is 10.6 Å². The SMILES string of the molecule is CN(C)C(=O)CNC(=NCc1ccccc1CN1CCC(O)C1)NC1CCCC1. The number of nitrogens with one attached hydrogen (secondary N) is 2. The van der Waals surface area contributed by atoms with E-state index in [1.807, 2.05) is 6.07 Å². The second-order valence-corrected chi connectivity index (χ2v) is 8.38. The highest BCUT2D eigenvalue weighted by Crippen LogP contribution is 2.19. The van der Waals surface area contributed by atoms with Crippen LogP contribution >= 0.6 is 0 Å². The van der Waals surface area contributed by atoms with Gasteiger partial charge in [-0.25, -0.2) is 4.99 Å². The quantitative estimate of drug-likeness (QED) is 0.474. The summed E-state index contributed by atoms with van der Waals surface area (Å²) < 4.78 is 0. The van der Waals surface area contributed by atoms with Crippen molar-refractivity contribution >= 4 is 11.9 Å². The van der Waals surface area contributed by atoms with E-state index in [0.29, 0.717) is 18.5 Å². The lowest BCUT2D eigenvalue weighted by Crippen LogP contribution is -2.46. The number of hydrogen-bond acceptors (Lipinski definition) is 4. The molecule has 1 aromatic carbocycles. The summed E-state index contributed by atoms with van der Waals surface area (Å²) in [6.07, 6.45) is 5.42. The van der Waals surface area contributed by atoms with Crippen LogP contribution in [0.4, 0.5) is 0 Å². The zero-order chi connectivity index (χ0) is 20.6. The monoisotopic (exact) mass is 401 g/mol. The molecule has 1 saturated carbocycles.